The van der Waals surface area contributed by atoms with Crippen LogP contribution >= 0.6 is 11.3 Å². The number of thiophene rings is 1. The molecule has 0 fully saturated rings. The van der Waals surface area contributed by atoms with Crippen LogP contribution in [0, 0.1) is 11.3 Å². The number of fused-ring (bicyclic) bond motifs is 2. The molecule has 0 N–H and O–H groups in total. The number of pyridine rings is 1. The molecule has 190 valence electrons. The Labute approximate surface area is 219 Å². The topological polar surface area (TPSA) is 78.6 Å². The summed E-state index contributed by atoms with van der Waals surface area (Å²) in [6, 6.07) is 14.9. The summed E-state index contributed by atoms with van der Waals surface area (Å²) in [5.41, 5.74) is 4.27. The molecule has 6 nitrogen and oxygen atoms in total. The maximum Gasteiger partial charge on any atom is 0.373 e. The van der Waals surface area contributed by atoms with Crippen molar-refractivity contribution < 1.29 is 23.5 Å². The highest BCUT2D eigenvalue weighted by molar-refractivity contribution is 7.10. The predicted octanol–water partition coefficient (Wildman–Crippen LogP) is 7.18. The van der Waals surface area contributed by atoms with Crippen molar-refractivity contribution in [3.05, 3.63) is 87.1 Å². The van der Waals surface area contributed by atoms with E-state index < -0.39 is 11.9 Å². The summed E-state index contributed by atoms with van der Waals surface area (Å²) in [5, 5.41) is 2.83. The molecule has 0 bridgehead atoms. The highest BCUT2D eigenvalue weighted by Gasteiger charge is 2.35. The fourth-order valence-electron chi connectivity index (χ4n) is 4.79. The van der Waals surface area contributed by atoms with E-state index in [2.05, 4.69) is 43.0 Å². The third-order valence-electron chi connectivity index (χ3n) is 6.90. The number of rotatable bonds is 5. The summed E-state index contributed by atoms with van der Waals surface area (Å²) in [6.45, 7) is 6.64. The maximum absolute atomic E-state index is 13.7. The van der Waals surface area contributed by atoms with Gasteiger partial charge in [-0.05, 0) is 71.0 Å². The molecule has 5 rings (SSSR count). The van der Waals surface area contributed by atoms with Crippen molar-refractivity contribution in [2.75, 3.05) is 7.11 Å². The van der Waals surface area contributed by atoms with Gasteiger partial charge in [-0.3, -0.25) is 0 Å². The van der Waals surface area contributed by atoms with Crippen LogP contribution in [0.4, 0.5) is 0 Å². The van der Waals surface area contributed by atoms with Crippen molar-refractivity contribution in [3.63, 3.8) is 0 Å². The van der Waals surface area contributed by atoms with E-state index in [1.807, 2.05) is 30.3 Å². The summed E-state index contributed by atoms with van der Waals surface area (Å²) in [6.07, 6.45) is 3.82. The molecule has 3 heterocycles. The fraction of sp³-hybridized carbons (Fsp3) is 0.300. The lowest BCUT2D eigenvalue weighted by molar-refractivity contribution is 0.0438. The second-order valence-electron chi connectivity index (χ2n) is 10.3. The molecule has 7 heteroatoms. The molecular formula is C30H29NO5S. The first-order chi connectivity index (χ1) is 17.7. The minimum Gasteiger partial charge on any atom is -0.463 e. The van der Waals surface area contributed by atoms with Crippen molar-refractivity contribution >= 4 is 45.8 Å². The average Bonchev–Trinajstić information content (AvgIpc) is 3.57. The van der Waals surface area contributed by atoms with Gasteiger partial charge >= 0.3 is 11.9 Å². The van der Waals surface area contributed by atoms with Gasteiger partial charge in [0.25, 0.3) is 0 Å². The Hall–Kier alpha value is -3.71. The summed E-state index contributed by atoms with van der Waals surface area (Å²) in [5.74, 6) is -0.252. The normalized spacial score (nSPS) is 16.5. The third-order valence-corrected chi connectivity index (χ3v) is 7.72. The summed E-state index contributed by atoms with van der Waals surface area (Å²) in [4.78, 5) is 31.6. The number of para-hydroxylation sites is 1. The molecular weight excluding hydrogens is 486 g/mol. The quantitative estimate of drug-likeness (QED) is 0.262. The van der Waals surface area contributed by atoms with Crippen LogP contribution in [0.15, 0.2) is 58.3 Å². The predicted molar refractivity (Wildman–Crippen MR) is 144 cm³/mol. The molecule has 0 radical (unpaired) electrons. The van der Waals surface area contributed by atoms with Crippen LogP contribution in [-0.4, -0.2) is 24.0 Å². The van der Waals surface area contributed by atoms with Crippen LogP contribution in [0.5, 0.6) is 0 Å². The molecule has 1 aliphatic carbocycles. The van der Waals surface area contributed by atoms with Gasteiger partial charge in [0, 0.05) is 10.3 Å². The minimum absolute atomic E-state index is 0.0392. The van der Waals surface area contributed by atoms with E-state index in [1.54, 1.807) is 17.4 Å². The first-order valence-electron chi connectivity index (χ1n) is 12.2. The Morgan fingerprint density at radius 1 is 1.08 bits per heavy atom. The van der Waals surface area contributed by atoms with E-state index in [-0.39, 0.29) is 17.8 Å². The second kappa shape index (κ2) is 9.98. The fourth-order valence-corrected chi connectivity index (χ4v) is 5.47. The van der Waals surface area contributed by atoms with Crippen LogP contribution in [0.3, 0.4) is 0 Å². The van der Waals surface area contributed by atoms with E-state index in [1.165, 1.54) is 13.2 Å². The van der Waals surface area contributed by atoms with Gasteiger partial charge in [0.05, 0.1) is 23.9 Å². The van der Waals surface area contributed by atoms with Gasteiger partial charge in [-0.25, -0.2) is 14.6 Å². The zero-order valence-corrected chi connectivity index (χ0v) is 22.2. The highest BCUT2D eigenvalue weighted by Crippen LogP contribution is 2.45. The number of carbonyl (C=O) groups is 2. The average molecular weight is 516 g/mol. The van der Waals surface area contributed by atoms with Crippen LogP contribution in [0.1, 0.15) is 70.0 Å². The molecule has 1 atom stereocenters. The molecule has 3 aromatic heterocycles. The largest absolute Gasteiger partial charge is 0.463 e. The smallest absolute Gasteiger partial charge is 0.373 e. The highest BCUT2D eigenvalue weighted by atomic mass is 32.1. The standard InChI is InChI=1S/C30H29NO5S/c1-30(2,3)19-14-18(15-21-8-7-13-37-21)27-23(16-19)26(22-9-5-6-10-24(22)31-27)29(33)35-17-20-11-12-25(36-20)28(32)34-4/h5-13,15,19H,14,16-17H2,1-4H3/b18-15-. The summed E-state index contributed by atoms with van der Waals surface area (Å²) >= 11 is 1.69. The lowest BCUT2D eigenvalue weighted by Gasteiger charge is -2.36. The van der Waals surface area contributed by atoms with Gasteiger partial charge in [-0.2, -0.15) is 0 Å². The SMILES string of the molecule is COC(=O)c1ccc(COC(=O)c2c3c(nc4ccccc24)/C(=C\c2cccs2)CC(C(C)(C)C)C3)o1. The lowest BCUT2D eigenvalue weighted by Crippen LogP contribution is -2.28. The number of carbonyl (C=O) groups excluding carboxylic acids is 2. The number of furan rings is 1. The molecule has 4 aromatic rings. The number of methoxy groups -OCH3 is 1. The van der Waals surface area contributed by atoms with Gasteiger partial charge in [0.2, 0.25) is 5.76 Å². The van der Waals surface area contributed by atoms with E-state index in [4.69, 9.17) is 14.1 Å². The first-order valence-corrected chi connectivity index (χ1v) is 13.1. The summed E-state index contributed by atoms with van der Waals surface area (Å²) in [7, 11) is 1.29. The Balaban J connectivity index is 1.58. The number of allylic oxidation sites excluding steroid dienone is 1. The summed E-state index contributed by atoms with van der Waals surface area (Å²) < 4.78 is 15.9. The molecule has 1 aromatic carbocycles. The molecule has 0 spiro atoms. The monoisotopic (exact) mass is 515 g/mol. The zero-order valence-electron chi connectivity index (χ0n) is 21.4. The van der Waals surface area contributed by atoms with E-state index in [9.17, 15) is 9.59 Å². The molecule has 0 saturated carbocycles. The van der Waals surface area contributed by atoms with E-state index in [0.29, 0.717) is 17.2 Å². The molecule has 0 amide bonds. The minimum atomic E-state index is -0.579. The molecule has 1 aliphatic rings. The Bertz CT molecular complexity index is 1490. The van der Waals surface area contributed by atoms with Crippen molar-refractivity contribution in [1.29, 1.82) is 0 Å². The number of ether oxygens (including phenoxy) is 2. The van der Waals surface area contributed by atoms with Crippen LogP contribution in [-0.2, 0) is 22.5 Å². The van der Waals surface area contributed by atoms with Crippen LogP contribution in [0.25, 0.3) is 22.6 Å². The maximum atomic E-state index is 13.7. The van der Waals surface area contributed by atoms with Gasteiger partial charge in [-0.1, -0.05) is 45.0 Å². The van der Waals surface area contributed by atoms with Gasteiger partial charge < -0.3 is 13.9 Å². The van der Waals surface area contributed by atoms with Gasteiger partial charge in [0.15, 0.2) is 0 Å². The second-order valence-corrected chi connectivity index (χ2v) is 11.3. The number of hydrogen-bond donors (Lipinski definition) is 0. The third kappa shape index (κ3) is 5.09. The Kier molecular flexibility index (Phi) is 6.73. The lowest BCUT2D eigenvalue weighted by atomic mass is 9.69. The number of aromatic nitrogens is 1. The van der Waals surface area contributed by atoms with E-state index in [0.717, 1.165) is 45.5 Å². The number of nitrogens with zero attached hydrogens (tertiary/aromatic N) is 1. The number of esters is 2. The number of benzene rings is 1. The molecule has 0 saturated heterocycles. The molecule has 1 unspecified atom stereocenters. The van der Waals surface area contributed by atoms with Crippen molar-refractivity contribution in [2.45, 2.75) is 40.2 Å². The van der Waals surface area contributed by atoms with Gasteiger partial charge in [-0.15, -0.1) is 11.3 Å². The Morgan fingerprint density at radius 2 is 1.89 bits per heavy atom. The van der Waals surface area contributed by atoms with Crippen molar-refractivity contribution in [1.82, 2.24) is 4.98 Å². The van der Waals surface area contributed by atoms with Crippen LogP contribution in [0.2, 0.25) is 0 Å². The van der Waals surface area contributed by atoms with Crippen molar-refractivity contribution in [2.24, 2.45) is 11.3 Å². The van der Waals surface area contributed by atoms with Crippen LogP contribution < -0.4 is 0 Å². The van der Waals surface area contributed by atoms with Gasteiger partial charge in [0.1, 0.15) is 12.4 Å². The zero-order chi connectivity index (χ0) is 26.2. The molecule has 37 heavy (non-hydrogen) atoms. The number of hydrogen-bond acceptors (Lipinski definition) is 7. The molecule has 0 aliphatic heterocycles. The van der Waals surface area contributed by atoms with E-state index >= 15 is 0 Å². The first kappa shape index (κ1) is 25.0. The Morgan fingerprint density at radius 3 is 2.62 bits per heavy atom. The van der Waals surface area contributed by atoms with Crippen molar-refractivity contribution in [3.8, 4) is 0 Å².